The van der Waals surface area contributed by atoms with Crippen LogP contribution in [0.4, 0.5) is 0 Å². The van der Waals surface area contributed by atoms with Gasteiger partial charge in [-0.25, -0.2) is 4.57 Å². The molecule has 0 bridgehead atoms. The Morgan fingerprint density at radius 2 is 1.70 bits per heavy atom. The third kappa shape index (κ3) is 3.03. The van der Waals surface area contributed by atoms with Gasteiger partial charge in [0.1, 0.15) is 0 Å². The van der Waals surface area contributed by atoms with Crippen molar-refractivity contribution in [1.82, 2.24) is 4.57 Å². The summed E-state index contributed by atoms with van der Waals surface area (Å²) in [5.41, 5.74) is 3.01. The van der Waals surface area contributed by atoms with Gasteiger partial charge in [-0.2, -0.15) is 0 Å². The Hall–Kier alpha value is -2.10. The largest absolute Gasteiger partial charge is 0.494 e. The smallest absolute Gasteiger partial charge is 0.202 e. The number of benzene rings is 2. The molecule has 3 aromatic rings. The molecule has 1 heterocycles. The second-order valence-corrected chi connectivity index (χ2v) is 6.21. The molecular weight excluding hydrogens is 333 g/mol. The van der Waals surface area contributed by atoms with Gasteiger partial charge in [0.25, 0.3) is 0 Å². The van der Waals surface area contributed by atoms with Crippen LogP contribution in [0, 0.1) is 6.92 Å². The van der Waals surface area contributed by atoms with Crippen LogP contribution in [0.1, 0.15) is 16.7 Å². The minimum atomic E-state index is -0.0565. The van der Waals surface area contributed by atoms with Crippen LogP contribution in [0.25, 0.3) is 5.69 Å². The van der Waals surface area contributed by atoms with Crippen LogP contribution in [-0.4, -0.2) is 14.8 Å². The van der Waals surface area contributed by atoms with Gasteiger partial charge in [-0.1, -0.05) is 47.5 Å². The summed E-state index contributed by atoms with van der Waals surface area (Å²) in [5.74, 6) is -0.0797. The minimum absolute atomic E-state index is 0.0232. The number of rotatable bonds is 3. The molecule has 0 spiro atoms. The summed E-state index contributed by atoms with van der Waals surface area (Å²) in [7, 11) is 0. The topological polar surface area (TPSA) is 45.4 Å². The van der Waals surface area contributed by atoms with Crippen molar-refractivity contribution in [2.75, 3.05) is 0 Å². The highest BCUT2D eigenvalue weighted by Crippen LogP contribution is 2.36. The van der Waals surface area contributed by atoms with Gasteiger partial charge in [0.15, 0.2) is 5.88 Å². The summed E-state index contributed by atoms with van der Waals surface area (Å²) in [6.45, 7) is 1.87. The van der Waals surface area contributed by atoms with Gasteiger partial charge in [-0.3, -0.25) is 0 Å². The van der Waals surface area contributed by atoms with Crippen LogP contribution < -0.4 is 0 Å². The summed E-state index contributed by atoms with van der Waals surface area (Å²) in [6, 6.07) is 14.4. The van der Waals surface area contributed by atoms with Crippen molar-refractivity contribution >= 4 is 23.2 Å². The van der Waals surface area contributed by atoms with E-state index in [-0.39, 0.29) is 11.8 Å². The SMILES string of the molecule is Cc1cccc(-n2c(O)cc(Cc3ccc(Cl)cc3)c2O)c1Cl. The van der Waals surface area contributed by atoms with E-state index in [4.69, 9.17) is 23.2 Å². The van der Waals surface area contributed by atoms with Crippen LogP contribution in [-0.2, 0) is 6.42 Å². The molecule has 2 N–H and O–H groups in total. The Balaban J connectivity index is 2.03. The molecule has 0 atom stereocenters. The molecular formula is C18H15Cl2NO2. The van der Waals surface area contributed by atoms with E-state index in [2.05, 4.69) is 0 Å². The molecule has 0 saturated carbocycles. The zero-order valence-electron chi connectivity index (χ0n) is 12.4. The first-order valence-electron chi connectivity index (χ1n) is 7.10. The van der Waals surface area contributed by atoms with E-state index in [1.54, 1.807) is 24.3 Å². The van der Waals surface area contributed by atoms with E-state index in [0.717, 1.165) is 11.1 Å². The van der Waals surface area contributed by atoms with Gasteiger partial charge < -0.3 is 10.2 Å². The van der Waals surface area contributed by atoms with Crippen LogP contribution >= 0.6 is 23.2 Å². The Morgan fingerprint density at radius 3 is 2.39 bits per heavy atom. The van der Waals surface area contributed by atoms with Crippen molar-refractivity contribution in [2.24, 2.45) is 0 Å². The molecule has 0 aliphatic rings. The average Bonchev–Trinajstić information content (AvgIpc) is 2.79. The number of aromatic hydroxyl groups is 2. The van der Waals surface area contributed by atoms with E-state index in [1.807, 2.05) is 31.2 Å². The standard InChI is InChI=1S/C18H15Cl2NO2/c1-11-3-2-4-15(17(11)20)21-16(22)10-13(18(21)23)9-12-5-7-14(19)8-6-12/h2-8,10,22-23H,9H2,1H3. The fourth-order valence-corrected chi connectivity index (χ4v) is 2.87. The fourth-order valence-electron chi connectivity index (χ4n) is 2.53. The molecule has 0 unspecified atom stereocenters. The van der Waals surface area contributed by atoms with Crippen LogP contribution in [0.5, 0.6) is 11.8 Å². The summed E-state index contributed by atoms with van der Waals surface area (Å²) < 4.78 is 1.35. The molecule has 2 aromatic carbocycles. The van der Waals surface area contributed by atoms with Gasteiger partial charge in [0.2, 0.25) is 5.88 Å². The Labute approximate surface area is 144 Å². The van der Waals surface area contributed by atoms with E-state index in [0.29, 0.717) is 27.7 Å². The van der Waals surface area contributed by atoms with Crippen LogP contribution in [0.2, 0.25) is 10.0 Å². The van der Waals surface area contributed by atoms with Crippen molar-refractivity contribution in [2.45, 2.75) is 13.3 Å². The second-order valence-electron chi connectivity index (χ2n) is 5.40. The average molecular weight is 348 g/mol. The molecule has 0 amide bonds. The monoisotopic (exact) mass is 347 g/mol. The summed E-state index contributed by atoms with van der Waals surface area (Å²) >= 11 is 12.2. The second kappa shape index (κ2) is 6.19. The Kier molecular flexibility index (Phi) is 4.24. The molecule has 0 radical (unpaired) electrons. The van der Waals surface area contributed by atoms with Gasteiger partial charge in [-0.05, 0) is 36.2 Å². The highest BCUT2D eigenvalue weighted by molar-refractivity contribution is 6.33. The molecule has 0 saturated heterocycles. The van der Waals surface area contributed by atoms with E-state index in [1.165, 1.54) is 4.57 Å². The first-order chi connectivity index (χ1) is 11.0. The Bertz CT molecular complexity index is 854. The zero-order chi connectivity index (χ0) is 16.6. The van der Waals surface area contributed by atoms with E-state index < -0.39 is 0 Å². The maximum absolute atomic E-state index is 10.5. The van der Waals surface area contributed by atoms with Crippen molar-refractivity contribution < 1.29 is 10.2 Å². The number of hydrogen-bond acceptors (Lipinski definition) is 2. The molecule has 0 aliphatic heterocycles. The normalized spacial score (nSPS) is 10.9. The summed E-state index contributed by atoms with van der Waals surface area (Å²) in [4.78, 5) is 0. The lowest BCUT2D eigenvalue weighted by Gasteiger charge is -2.11. The number of aromatic nitrogens is 1. The van der Waals surface area contributed by atoms with Crippen molar-refractivity contribution in [3.63, 3.8) is 0 Å². The third-order valence-corrected chi connectivity index (χ3v) is 4.50. The molecule has 23 heavy (non-hydrogen) atoms. The lowest BCUT2D eigenvalue weighted by Crippen LogP contribution is -1.96. The number of halogens is 2. The summed E-state index contributed by atoms with van der Waals surface area (Å²) in [5, 5.41) is 21.9. The molecule has 5 heteroatoms. The molecule has 0 aliphatic carbocycles. The molecule has 3 nitrogen and oxygen atoms in total. The number of hydrogen-bond donors (Lipinski definition) is 2. The quantitative estimate of drug-likeness (QED) is 0.692. The predicted molar refractivity (Wildman–Crippen MR) is 93.1 cm³/mol. The maximum atomic E-state index is 10.5. The third-order valence-electron chi connectivity index (χ3n) is 3.75. The zero-order valence-corrected chi connectivity index (χ0v) is 13.9. The highest BCUT2D eigenvalue weighted by atomic mass is 35.5. The maximum Gasteiger partial charge on any atom is 0.202 e. The van der Waals surface area contributed by atoms with E-state index in [9.17, 15) is 10.2 Å². The number of nitrogens with zero attached hydrogens (tertiary/aromatic N) is 1. The first-order valence-corrected chi connectivity index (χ1v) is 7.85. The fraction of sp³-hybridized carbons (Fsp3) is 0.111. The van der Waals surface area contributed by atoms with Gasteiger partial charge in [0, 0.05) is 23.1 Å². The van der Waals surface area contributed by atoms with Gasteiger partial charge >= 0.3 is 0 Å². The lowest BCUT2D eigenvalue weighted by atomic mass is 10.1. The molecule has 118 valence electrons. The van der Waals surface area contributed by atoms with Crippen LogP contribution in [0.3, 0.4) is 0 Å². The van der Waals surface area contributed by atoms with Crippen LogP contribution in [0.15, 0.2) is 48.5 Å². The molecule has 0 fully saturated rings. The first kappa shape index (κ1) is 15.8. The predicted octanol–water partition coefficient (Wildman–Crippen LogP) is 5.09. The Morgan fingerprint density at radius 1 is 1.00 bits per heavy atom. The lowest BCUT2D eigenvalue weighted by molar-refractivity contribution is 0.401. The highest BCUT2D eigenvalue weighted by Gasteiger charge is 2.18. The molecule has 3 rings (SSSR count). The molecule has 1 aromatic heterocycles. The van der Waals surface area contributed by atoms with Gasteiger partial charge in [0.05, 0.1) is 10.7 Å². The van der Waals surface area contributed by atoms with Crippen molar-refractivity contribution in [3.05, 3.63) is 75.3 Å². The number of aryl methyl sites for hydroxylation is 1. The summed E-state index contributed by atoms with van der Waals surface area (Å²) in [6.07, 6.45) is 0.479. The van der Waals surface area contributed by atoms with Gasteiger partial charge in [-0.15, -0.1) is 0 Å². The van der Waals surface area contributed by atoms with E-state index >= 15 is 0 Å². The van der Waals surface area contributed by atoms with Crippen molar-refractivity contribution in [3.8, 4) is 17.4 Å². The minimum Gasteiger partial charge on any atom is -0.494 e. The van der Waals surface area contributed by atoms with Crippen molar-refractivity contribution in [1.29, 1.82) is 0 Å².